The number of esters is 3. The molecule has 0 aromatic heterocycles. The van der Waals surface area contributed by atoms with E-state index in [0.29, 0.717) is 0 Å². The number of carboxylic acid groups (broad SMARTS) is 2. The number of imide groups is 2. The van der Waals surface area contributed by atoms with Gasteiger partial charge < -0.3 is 51.4 Å². The minimum Gasteiger partial charge on any atom is -0.480 e. The lowest BCUT2D eigenvalue weighted by Crippen LogP contribution is -2.50. The second-order valence-electron chi connectivity index (χ2n) is 12.6. The summed E-state index contributed by atoms with van der Waals surface area (Å²) in [5, 5.41) is 27.2. The first-order chi connectivity index (χ1) is 27.4. The highest BCUT2D eigenvalue weighted by Crippen LogP contribution is 2.29. The number of nitrogens with zero attached hydrogens (tertiary/aromatic N) is 2. The van der Waals surface area contributed by atoms with E-state index in [4.69, 9.17) is 30.2 Å². The molecule has 6 amide bonds. The van der Waals surface area contributed by atoms with Gasteiger partial charge in [-0.05, 0) is 18.6 Å². The number of anilines is 2. The van der Waals surface area contributed by atoms with Crippen LogP contribution in [0.1, 0.15) is 53.3 Å². The average molecular weight is 838 g/mol. The Morgan fingerprint density at radius 3 is 1.90 bits per heavy atom. The quantitative estimate of drug-likeness (QED) is 0.0361. The molecule has 23 nitrogen and oxygen atoms in total. The topological polar surface area (TPSA) is 337 Å². The summed E-state index contributed by atoms with van der Waals surface area (Å²) in [4.78, 5) is 137. The highest BCUT2D eigenvalue weighted by atomic mass is 32.2. The highest BCUT2D eigenvalue weighted by Gasteiger charge is 2.41. The molecule has 2 aliphatic rings. The van der Waals surface area contributed by atoms with Gasteiger partial charge in [0, 0.05) is 63.1 Å². The molecule has 0 saturated carbocycles. The number of carboxylic acids is 2. The van der Waals surface area contributed by atoms with E-state index in [0.717, 1.165) is 42.7 Å². The molecule has 0 aliphatic carbocycles. The fourth-order valence-electron chi connectivity index (χ4n) is 5.61. The molecule has 0 radical (unpaired) electrons. The van der Waals surface area contributed by atoms with E-state index in [1.165, 1.54) is 12.1 Å². The first-order valence-corrected chi connectivity index (χ1v) is 18.5. The third-order valence-electron chi connectivity index (χ3n) is 8.51. The Balaban J connectivity index is 1.68. The lowest BCUT2D eigenvalue weighted by atomic mass is 10.1. The molecular formula is C34H43N7O16S. The molecule has 1 aromatic carbocycles. The number of hydrogen-bond acceptors (Lipinski definition) is 18. The highest BCUT2D eigenvalue weighted by molar-refractivity contribution is 8.00. The van der Waals surface area contributed by atoms with Gasteiger partial charge in [0.05, 0.1) is 37.0 Å². The van der Waals surface area contributed by atoms with Gasteiger partial charge in [-0.2, -0.15) is 0 Å². The van der Waals surface area contributed by atoms with Crippen LogP contribution in [-0.4, -0.2) is 161 Å². The van der Waals surface area contributed by atoms with Crippen molar-refractivity contribution in [3.8, 4) is 0 Å². The average Bonchev–Trinajstić information content (AvgIpc) is 3.60. The number of carbonyl (C=O) groups is 11. The van der Waals surface area contributed by atoms with Crippen LogP contribution in [0.5, 0.6) is 0 Å². The van der Waals surface area contributed by atoms with Crippen LogP contribution in [0.15, 0.2) is 12.1 Å². The van der Waals surface area contributed by atoms with Crippen LogP contribution >= 0.6 is 11.8 Å². The van der Waals surface area contributed by atoms with Gasteiger partial charge in [-0.1, -0.05) is 0 Å². The molecule has 2 heterocycles. The largest absolute Gasteiger partial charge is 0.480 e. The van der Waals surface area contributed by atoms with Crippen LogP contribution < -0.4 is 27.0 Å². The SMILES string of the molecule is COC(=O)c1cc(NCCN2C(=O)CC(SC[C@H](NC(=O)CC[C@H](N)C(=O)O)C(=O)NCC(=O)O)C2=O)c(C(=O)OC)cc1NCCN1C(=O)CC(OC(C)=O)C1=O. The summed E-state index contributed by atoms with van der Waals surface area (Å²) in [7, 11) is 2.22. The van der Waals surface area contributed by atoms with Crippen molar-refractivity contribution in [3.63, 3.8) is 0 Å². The first-order valence-electron chi connectivity index (χ1n) is 17.4. The molecule has 1 aromatic rings. The van der Waals surface area contributed by atoms with E-state index < -0.39 is 95.3 Å². The summed E-state index contributed by atoms with van der Waals surface area (Å²) < 4.78 is 14.7. The number of rotatable bonds is 22. The Bertz CT molecular complexity index is 1840. The maximum Gasteiger partial charge on any atom is 0.340 e. The molecule has 8 N–H and O–H groups in total. The number of methoxy groups -OCH3 is 2. The van der Waals surface area contributed by atoms with Crippen molar-refractivity contribution in [2.75, 3.05) is 63.3 Å². The van der Waals surface area contributed by atoms with Crippen LogP contribution in [-0.2, 0) is 57.4 Å². The standard InChI is InChI=1S/C34H43N7O16S/c1-16(42)57-23-12-26(44)40(30(23)49)8-6-36-20-10-18(34(54)56-3)21(11-17(20)33(53)55-2)37-7-9-41-27(45)13-24(31(41)50)58-15-22(29(48)38-14-28(46)47)39-25(43)5-4-19(35)32(51)52/h10-11,19,22-24,36-37H,4-9,12-15,35H2,1-3H3,(H,38,48)(H,39,43)(H,46,47)(H,51,52)/t19-,22-,23?,24?/m0/s1. The third kappa shape index (κ3) is 12.6. The van der Waals surface area contributed by atoms with Gasteiger partial charge in [0.1, 0.15) is 18.6 Å². The summed E-state index contributed by atoms with van der Waals surface area (Å²) in [5.41, 5.74) is 5.36. The lowest BCUT2D eigenvalue weighted by Gasteiger charge is -2.20. The van der Waals surface area contributed by atoms with E-state index in [9.17, 15) is 52.7 Å². The van der Waals surface area contributed by atoms with Crippen LogP contribution in [0, 0.1) is 0 Å². The van der Waals surface area contributed by atoms with E-state index in [1.54, 1.807) is 0 Å². The zero-order valence-corrected chi connectivity index (χ0v) is 32.3. The van der Waals surface area contributed by atoms with Crippen LogP contribution in [0.4, 0.5) is 11.4 Å². The monoisotopic (exact) mass is 837 g/mol. The number of nitrogens with one attached hydrogen (secondary N) is 4. The van der Waals surface area contributed by atoms with Gasteiger partial charge in [0.2, 0.25) is 29.5 Å². The maximum absolute atomic E-state index is 13.3. The molecule has 316 valence electrons. The molecule has 2 unspecified atom stereocenters. The Hall–Kier alpha value is -6.30. The fraction of sp³-hybridized carbons (Fsp3) is 0.500. The van der Waals surface area contributed by atoms with Gasteiger partial charge in [-0.25, -0.2) is 9.59 Å². The molecule has 2 saturated heterocycles. The van der Waals surface area contributed by atoms with Gasteiger partial charge in [-0.3, -0.25) is 53.0 Å². The van der Waals surface area contributed by atoms with Crippen LogP contribution in [0.25, 0.3) is 0 Å². The number of thioether (sulfide) groups is 1. The minimum atomic E-state index is -1.37. The van der Waals surface area contributed by atoms with Crippen molar-refractivity contribution in [2.24, 2.45) is 5.73 Å². The van der Waals surface area contributed by atoms with Gasteiger partial charge >= 0.3 is 29.8 Å². The Morgan fingerprint density at radius 2 is 1.40 bits per heavy atom. The smallest absolute Gasteiger partial charge is 0.340 e. The second-order valence-corrected chi connectivity index (χ2v) is 13.8. The second kappa shape index (κ2) is 21.3. The van der Waals surface area contributed by atoms with E-state index in [2.05, 4.69) is 21.3 Å². The first kappa shape index (κ1) is 46.1. The predicted molar refractivity (Wildman–Crippen MR) is 198 cm³/mol. The van der Waals surface area contributed by atoms with Gasteiger partial charge in [0.25, 0.3) is 5.91 Å². The molecule has 3 rings (SSSR count). The molecule has 2 fully saturated rings. The van der Waals surface area contributed by atoms with Crippen LogP contribution in [0.3, 0.4) is 0 Å². The zero-order valence-electron chi connectivity index (χ0n) is 31.5. The van der Waals surface area contributed by atoms with Crippen molar-refractivity contribution in [3.05, 3.63) is 23.3 Å². The van der Waals surface area contributed by atoms with Crippen LogP contribution in [0.2, 0.25) is 0 Å². The van der Waals surface area contributed by atoms with Crippen molar-refractivity contribution < 1.29 is 77.2 Å². The number of amides is 6. The number of carbonyl (C=O) groups excluding carboxylic acids is 9. The summed E-state index contributed by atoms with van der Waals surface area (Å²) in [6.07, 6.45) is -2.48. The number of nitrogens with two attached hydrogens (primary N) is 1. The molecule has 0 bridgehead atoms. The predicted octanol–water partition coefficient (Wildman–Crippen LogP) is -2.49. The Labute approximate surface area is 334 Å². The zero-order chi connectivity index (χ0) is 43.3. The molecule has 0 spiro atoms. The fourth-order valence-corrected chi connectivity index (χ4v) is 6.80. The number of benzene rings is 1. The number of likely N-dealkylation sites (tertiary alicyclic amines) is 2. The summed E-state index contributed by atoms with van der Waals surface area (Å²) in [5.74, 6) is -9.56. The van der Waals surface area contributed by atoms with E-state index in [-0.39, 0.29) is 80.1 Å². The molecule has 2 aliphatic heterocycles. The molecule has 4 atom stereocenters. The lowest BCUT2D eigenvalue weighted by molar-refractivity contribution is -0.154. The van der Waals surface area contributed by atoms with Crippen molar-refractivity contribution in [1.29, 1.82) is 0 Å². The minimum absolute atomic E-state index is 0.0483. The summed E-state index contributed by atoms with van der Waals surface area (Å²) in [6.45, 7) is -0.310. The summed E-state index contributed by atoms with van der Waals surface area (Å²) >= 11 is 0.853. The van der Waals surface area contributed by atoms with Crippen molar-refractivity contribution >= 4 is 88.4 Å². The molecule has 24 heteroatoms. The molecular weight excluding hydrogens is 794 g/mol. The van der Waals surface area contributed by atoms with Crippen molar-refractivity contribution in [2.45, 2.75) is 56.0 Å². The normalized spacial score (nSPS) is 17.3. The van der Waals surface area contributed by atoms with Crippen molar-refractivity contribution in [1.82, 2.24) is 20.4 Å². The van der Waals surface area contributed by atoms with Gasteiger partial charge in [0.15, 0.2) is 6.10 Å². The third-order valence-corrected chi connectivity index (χ3v) is 9.81. The number of ether oxygens (including phenoxy) is 3. The molecule has 58 heavy (non-hydrogen) atoms. The van der Waals surface area contributed by atoms with E-state index >= 15 is 0 Å². The Kier molecular flexibility index (Phi) is 16.9. The number of aliphatic carboxylic acids is 2. The van der Waals surface area contributed by atoms with Gasteiger partial charge in [-0.15, -0.1) is 11.8 Å². The maximum atomic E-state index is 13.3. The number of hydrogen-bond donors (Lipinski definition) is 7. The summed E-state index contributed by atoms with van der Waals surface area (Å²) in [6, 6.07) is -0.185. The Morgan fingerprint density at radius 1 is 0.862 bits per heavy atom. The van der Waals surface area contributed by atoms with E-state index in [1.807, 2.05) is 0 Å².